The van der Waals surface area contributed by atoms with Gasteiger partial charge in [0.1, 0.15) is 5.60 Å². The fourth-order valence-corrected chi connectivity index (χ4v) is 1.55. The third-order valence-electron chi connectivity index (χ3n) is 2.44. The first-order valence-electron chi connectivity index (χ1n) is 5.10. The lowest BCUT2D eigenvalue weighted by molar-refractivity contribution is 0.146. The molecular weight excluding hydrogens is 184 g/mol. The highest BCUT2D eigenvalue weighted by Crippen LogP contribution is 2.20. The van der Waals surface area contributed by atoms with Gasteiger partial charge in [0, 0.05) is 6.42 Å². The molecule has 0 aromatic heterocycles. The van der Waals surface area contributed by atoms with E-state index >= 15 is 0 Å². The van der Waals surface area contributed by atoms with Gasteiger partial charge in [0.15, 0.2) is 0 Å². The monoisotopic (exact) mass is 198 g/mol. The van der Waals surface area contributed by atoms with Crippen molar-refractivity contribution >= 4 is 6.08 Å². The van der Waals surface area contributed by atoms with Crippen LogP contribution in [-0.2, 0) is 0 Å². The van der Waals surface area contributed by atoms with Gasteiger partial charge in [-0.2, -0.15) is 0 Å². The first kappa shape index (κ1) is 9.94. The fraction of sp³-hybridized carbons (Fsp3) is 0.143. The maximum Gasteiger partial charge on any atom is 0.105 e. The van der Waals surface area contributed by atoms with E-state index in [2.05, 4.69) is 0 Å². The van der Waals surface area contributed by atoms with Gasteiger partial charge in [0.2, 0.25) is 0 Å². The highest BCUT2D eigenvalue weighted by atomic mass is 16.3. The van der Waals surface area contributed by atoms with E-state index in [-0.39, 0.29) is 0 Å². The van der Waals surface area contributed by atoms with E-state index in [1.165, 1.54) is 0 Å². The number of hydrogen-bond donors (Lipinski definition) is 1. The highest BCUT2D eigenvalue weighted by molar-refractivity contribution is 5.51. The Morgan fingerprint density at radius 2 is 1.93 bits per heavy atom. The average Bonchev–Trinajstić information content (AvgIpc) is 2.29. The minimum atomic E-state index is -0.815. The summed E-state index contributed by atoms with van der Waals surface area (Å²) in [6.45, 7) is 0. The van der Waals surface area contributed by atoms with Gasteiger partial charge in [-0.05, 0) is 17.7 Å². The molecule has 0 amide bonds. The largest absolute Gasteiger partial charge is 0.381 e. The molecule has 0 heterocycles. The lowest BCUT2D eigenvalue weighted by Gasteiger charge is -2.20. The van der Waals surface area contributed by atoms with Gasteiger partial charge in [-0.3, -0.25) is 0 Å². The van der Waals surface area contributed by atoms with Crippen LogP contribution in [0.3, 0.4) is 0 Å². The van der Waals surface area contributed by atoms with Gasteiger partial charge < -0.3 is 5.11 Å². The van der Waals surface area contributed by atoms with Crippen molar-refractivity contribution < 1.29 is 5.11 Å². The summed E-state index contributed by atoms with van der Waals surface area (Å²) >= 11 is 0. The van der Waals surface area contributed by atoms with Gasteiger partial charge in [-0.1, -0.05) is 54.6 Å². The van der Waals surface area contributed by atoms with Crippen LogP contribution in [0.2, 0.25) is 0 Å². The molecule has 0 aliphatic heterocycles. The van der Waals surface area contributed by atoms with E-state index in [1.807, 2.05) is 66.8 Å². The molecule has 0 saturated carbocycles. The summed E-state index contributed by atoms with van der Waals surface area (Å²) in [5.74, 6) is 0. The Hall–Kier alpha value is -1.60. The average molecular weight is 198 g/mol. The molecule has 1 N–H and O–H groups in total. The van der Waals surface area contributed by atoms with Crippen LogP contribution in [0.25, 0.3) is 6.08 Å². The Kier molecular flexibility index (Phi) is 2.84. The van der Waals surface area contributed by atoms with E-state index in [0.29, 0.717) is 6.42 Å². The first-order chi connectivity index (χ1) is 7.29. The topological polar surface area (TPSA) is 20.2 Å². The van der Waals surface area contributed by atoms with E-state index in [0.717, 1.165) is 5.56 Å². The van der Waals surface area contributed by atoms with Crippen molar-refractivity contribution in [1.82, 2.24) is 0 Å². The van der Waals surface area contributed by atoms with Crippen molar-refractivity contribution in [3.05, 3.63) is 66.3 Å². The predicted molar refractivity (Wildman–Crippen MR) is 63.3 cm³/mol. The molecule has 1 unspecified atom stereocenters. The van der Waals surface area contributed by atoms with Crippen molar-refractivity contribution in [2.24, 2.45) is 0 Å². The van der Waals surface area contributed by atoms with Crippen LogP contribution in [0.15, 0.2) is 60.7 Å². The Morgan fingerprint density at radius 1 is 1.13 bits per heavy atom. The molecule has 2 rings (SSSR count). The molecule has 0 radical (unpaired) electrons. The van der Waals surface area contributed by atoms with Crippen LogP contribution in [0.4, 0.5) is 0 Å². The van der Waals surface area contributed by atoms with E-state index in [4.69, 9.17) is 0 Å². The second-order valence-electron chi connectivity index (χ2n) is 3.73. The molecule has 0 bridgehead atoms. The Labute approximate surface area is 90.1 Å². The minimum absolute atomic E-state index is 0.646. The summed E-state index contributed by atoms with van der Waals surface area (Å²) in [4.78, 5) is 0. The Morgan fingerprint density at radius 3 is 2.60 bits per heavy atom. The number of hydrogen-bond acceptors (Lipinski definition) is 1. The van der Waals surface area contributed by atoms with Gasteiger partial charge in [-0.15, -0.1) is 0 Å². The zero-order valence-electron chi connectivity index (χ0n) is 8.51. The highest BCUT2D eigenvalue weighted by Gasteiger charge is 2.18. The SMILES string of the molecule is OC1(C=Cc2ccccc2)C=CC=CC1. The van der Waals surface area contributed by atoms with Crippen LogP contribution in [-0.4, -0.2) is 10.7 Å². The summed E-state index contributed by atoms with van der Waals surface area (Å²) in [7, 11) is 0. The number of benzene rings is 1. The quantitative estimate of drug-likeness (QED) is 0.774. The molecule has 1 aliphatic carbocycles. The zero-order chi connectivity index (χ0) is 10.6. The molecule has 1 atom stereocenters. The number of aliphatic hydroxyl groups is 1. The molecule has 1 heteroatoms. The fourth-order valence-electron chi connectivity index (χ4n) is 1.55. The second kappa shape index (κ2) is 4.28. The molecule has 1 nitrogen and oxygen atoms in total. The third-order valence-corrected chi connectivity index (χ3v) is 2.44. The summed E-state index contributed by atoms with van der Waals surface area (Å²) in [5.41, 5.74) is 0.291. The molecule has 0 fully saturated rings. The summed E-state index contributed by atoms with van der Waals surface area (Å²) in [6.07, 6.45) is 12.0. The van der Waals surface area contributed by atoms with E-state index in [1.54, 1.807) is 0 Å². The van der Waals surface area contributed by atoms with Crippen molar-refractivity contribution in [2.75, 3.05) is 0 Å². The smallest absolute Gasteiger partial charge is 0.105 e. The van der Waals surface area contributed by atoms with Gasteiger partial charge in [-0.25, -0.2) is 0 Å². The van der Waals surface area contributed by atoms with Crippen LogP contribution in [0.1, 0.15) is 12.0 Å². The molecule has 1 aliphatic rings. The predicted octanol–water partition coefficient (Wildman–Crippen LogP) is 2.95. The summed E-state index contributed by atoms with van der Waals surface area (Å²) < 4.78 is 0. The zero-order valence-corrected chi connectivity index (χ0v) is 8.51. The number of allylic oxidation sites excluding steroid dienone is 2. The standard InChI is InChI=1S/C14H14O/c15-14(10-5-2-6-11-14)12-9-13-7-3-1-4-8-13/h1-10,12,15H,11H2. The minimum Gasteiger partial charge on any atom is -0.381 e. The van der Waals surface area contributed by atoms with Gasteiger partial charge in [0.25, 0.3) is 0 Å². The lowest BCUT2D eigenvalue weighted by atomic mass is 9.94. The van der Waals surface area contributed by atoms with Crippen molar-refractivity contribution in [2.45, 2.75) is 12.0 Å². The summed E-state index contributed by atoms with van der Waals surface area (Å²) in [5, 5.41) is 10.1. The summed E-state index contributed by atoms with van der Waals surface area (Å²) in [6, 6.07) is 9.99. The Bertz CT molecular complexity index is 401. The van der Waals surface area contributed by atoms with Gasteiger partial charge >= 0.3 is 0 Å². The molecule has 76 valence electrons. The normalized spacial score (nSPS) is 24.9. The van der Waals surface area contributed by atoms with Crippen LogP contribution in [0, 0.1) is 0 Å². The molecule has 0 saturated heterocycles. The Balaban J connectivity index is 2.12. The molecule has 15 heavy (non-hydrogen) atoms. The maximum absolute atomic E-state index is 10.1. The number of rotatable bonds is 2. The van der Waals surface area contributed by atoms with Crippen molar-refractivity contribution in [1.29, 1.82) is 0 Å². The second-order valence-corrected chi connectivity index (χ2v) is 3.73. The maximum atomic E-state index is 10.1. The molecule has 1 aromatic carbocycles. The third kappa shape index (κ3) is 2.67. The van der Waals surface area contributed by atoms with Gasteiger partial charge in [0.05, 0.1) is 0 Å². The lowest BCUT2D eigenvalue weighted by Crippen LogP contribution is -2.22. The van der Waals surface area contributed by atoms with E-state index in [9.17, 15) is 5.11 Å². The van der Waals surface area contributed by atoms with E-state index < -0.39 is 5.60 Å². The molecular formula is C14H14O. The van der Waals surface area contributed by atoms with Crippen LogP contribution < -0.4 is 0 Å². The van der Waals surface area contributed by atoms with Crippen molar-refractivity contribution in [3.8, 4) is 0 Å². The van der Waals surface area contributed by atoms with Crippen LogP contribution >= 0.6 is 0 Å². The first-order valence-corrected chi connectivity index (χ1v) is 5.10. The molecule has 0 spiro atoms. The van der Waals surface area contributed by atoms with Crippen LogP contribution in [0.5, 0.6) is 0 Å². The van der Waals surface area contributed by atoms with Crippen molar-refractivity contribution in [3.63, 3.8) is 0 Å². The molecule has 1 aromatic rings.